The number of aromatic nitrogens is 8. The largest absolute Gasteiger partial charge is 0.478 e. The number of hydrogen-bond acceptors (Lipinski definition) is 7. The number of aromatic carboxylic acids is 1. The number of imidazole rings is 1. The van der Waals surface area contributed by atoms with Gasteiger partial charge in [0.05, 0.1) is 34.9 Å². The van der Waals surface area contributed by atoms with Gasteiger partial charge in [-0.3, -0.25) is 9.78 Å². The first-order chi connectivity index (χ1) is 17.5. The molecular weight excluding hydrogens is 484 g/mol. The number of nitrogens with zero attached hydrogens (tertiary/aromatic N) is 7. The summed E-state index contributed by atoms with van der Waals surface area (Å²) in [6, 6.07) is 11.5. The first kappa shape index (κ1) is 21.9. The summed E-state index contributed by atoms with van der Waals surface area (Å²) in [7, 11) is 0. The Bertz CT molecular complexity index is 1680. The van der Waals surface area contributed by atoms with E-state index in [2.05, 4.69) is 30.5 Å². The average molecular weight is 501 g/mol. The second kappa shape index (κ2) is 8.54. The predicted octanol–water partition coefficient (Wildman–Crippen LogP) is 3.16. The number of carbonyl (C=O) groups is 1. The highest BCUT2D eigenvalue weighted by molar-refractivity contribution is 6.31. The fourth-order valence-corrected chi connectivity index (χ4v) is 4.74. The third kappa shape index (κ3) is 3.75. The fraction of sp³-hybridized carbons (Fsp3) is 0.125. The molecule has 0 radical (unpaired) electrons. The Hall–Kier alpha value is -4.64. The highest BCUT2D eigenvalue weighted by Crippen LogP contribution is 2.34. The van der Waals surface area contributed by atoms with Crippen LogP contribution in [0.5, 0.6) is 0 Å². The molecule has 0 spiro atoms. The molecule has 0 amide bonds. The molecule has 1 aromatic carbocycles. The molecule has 0 bridgehead atoms. The number of fused-ring (bicyclic) bond motifs is 1. The first-order valence-electron chi connectivity index (χ1n) is 11.0. The summed E-state index contributed by atoms with van der Waals surface area (Å²) in [5.74, 6) is -0.424. The van der Waals surface area contributed by atoms with E-state index in [9.17, 15) is 14.7 Å². The van der Waals surface area contributed by atoms with Gasteiger partial charge < -0.3 is 14.7 Å². The van der Waals surface area contributed by atoms with Crippen molar-refractivity contribution in [1.82, 2.24) is 39.7 Å². The maximum atomic E-state index is 13.3. The Balaban J connectivity index is 1.37. The summed E-state index contributed by atoms with van der Waals surface area (Å²) in [4.78, 5) is 36.6. The zero-order valence-electron chi connectivity index (χ0n) is 18.5. The van der Waals surface area contributed by atoms with Crippen LogP contribution in [-0.2, 0) is 6.42 Å². The number of H-pyrrole nitrogens is 1. The summed E-state index contributed by atoms with van der Waals surface area (Å²) in [6.07, 6.45) is 5.89. The molecule has 1 aliphatic heterocycles. The number of tetrazole rings is 1. The summed E-state index contributed by atoms with van der Waals surface area (Å²) < 4.78 is 3.26. The quantitative estimate of drug-likeness (QED) is 0.374. The van der Waals surface area contributed by atoms with Crippen LogP contribution in [0.3, 0.4) is 0 Å². The van der Waals surface area contributed by atoms with Gasteiger partial charge in [0.1, 0.15) is 12.2 Å². The van der Waals surface area contributed by atoms with Crippen molar-refractivity contribution in [3.05, 3.63) is 93.6 Å². The van der Waals surface area contributed by atoms with Crippen LogP contribution in [0.2, 0.25) is 5.02 Å². The number of halogens is 1. The lowest BCUT2D eigenvalue weighted by Crippen LogP contribution is -2.23. The number of aryl methyl sites for hydroxylation is 1. The van der Waals surface area contributed by atoms with Crippen LogP contribution in [0, 0.1) is 0 Å². The van der Waals surface area contributed by atoms with Crippen LogP contribution in [0.1, 0.15) is 34.3 Å². The normalized spacial score (nSPS) is 14.6. The molecule has 5 aromatic rings. The number of benzene rings is 1. The summed E-state index contributed by atoms with van der Waals surface area (Å²) in [6.45, 7) is 0. The third-order valence-corrected chi connectivity index (χ3v) is 6.43. The fourth-order valence-electron chi connectivity index (χ4n) is 4.57. The molecule has 1 atom stereocenters. The summed E-state index contributed by atoms with van der Waals surface area (Å²) in [5.41, 5.74) is 4.04. The van der Waals surface area contributed by atoms with E-state index < -0.39 is 5.97 Å². The zero-order chi connectivity index (χ0) is 24.8. The van der Waals surface area contributed by atoms with Crippen LogP contribution in [0.15, 0.2) is 66.0 Å². The Kier molecular flexibility index (Phi) is 5.19. The number of hydrogen-bond donors (Lipinski definition) is 2. The summed E-state index contributed by atoms with van der Waals surface area (Å²) in [5, 5.41) is 21.2. The molecule has 0 saturated carbocycles. The van der Waals surface area contributed by atoms with E-state index in [1.807, 2.05) is 6.07 Å². The first-order valence-corrected chi connectivity index (χ1v) is 11.4. The van der Waals surface area contributed by atoms with E-state index in [1.165, 1.54) is 29.3 Å². The SMILES string of the molecule is O=C(O)c1ccnc(-c2cnc([C@@H]3CCc4cc(-c5cc(Cl)ccc5-n5cnnn5)cc(=O)n43)[nH]2)c1. The van der Waals surface area contributed by atoms with Gasteiger partial charge >= 0.3 is 5.97 Å². The smallest absolute Gasteiger partial charge is 0.335 e. The molecular formula is C24H17ClN8O3. The van der Waals surface area contributed by atoms with Crippen LogP contribution in [-0.4, -0.2) is 50.8 Å². The van der Waals surface area contributed by atoms with Gasteiger partial charge in [-0.1, -0.05) is 11.6 Å². The van der Waals surface area contributed by atoms with E-state index in [1.54, 1.807) is 35.0 Å². The molecule has 0 fully saturated rings. The van der Waals surface area contributed by atoms with Crippen molar-refractivity contribution < 1.29 is 9.90 Å². The molecule has 2 N–H and O–H groups in total. The predicted molar refractivity (Wildman–Crippen MR) is 129 cm³/mol. The third-order valence-electron chi connectivity index (χ3n) is 6.19. The van der Waals surface area contributed by atoms with Crippen molar-refractivity contribution in [3.8, 4) is 28.2 Å². The number of rotatable bonds is 5. The molecule has 0 unspecified atom stereocenters. The maximum absolute atomic E-state index is 13.3. The molecule has 6 rings (SSSR count). The van der Waals surface area contributed by atoms with Gasteiger partial charge in [0.15, 0.2) is 0 Å². The van der Waals surface area contributed by atoms with Crippen molar-refractivity contribution in [2.75, 3.05) is 0 Å². The minimum absolute atomic E-state index is 0.133. The number of carboxylic acids is 1. The van der Waals surface area contributed by atoms with Crippen LogP contribution in [0.25, 0.3) is 28.2 Å². The van der Waals surface area contributed by atoms with Gasteiger partial charge in [0.2, 0.25) is 0 Å². The number of aromatic amines is 1. The maximum Gasteiger partial charge on any atom is 0.335 e. The van der Waals surface area contributed by atoms with E-state index >= 15 is 0 Å². The number of pyridine rings is 2. The molecule has 1 aliphatic rings. The highest BCUT2D eigenvalue weighted by atomic mass is 35.5. The van der Waals surface area contributed by atoms with E-state index in [0.717, 1.165) is 16.8 Å². The van der Waals surface area contributed by atoms with Gasteiger partial charge in [-0.2, -0.15) is 4.68 Å². The lowest BCUT2D eigenvalue weighted by atomic mass is 10.0. The van der Waals surface area contributed by atoms with Crippen LogP contribution >= 0.6 is 11.6 Å². The van der Waals surface area contributed by atoms with Gasteiger partial charge in [-0.15, -0.1) is 5.10 Å². The van der Waals surface area contributed by atoms with Crippen molar-refractivity contribution in [2.24, 2.45) is 0 Å². The van der Waals surface area contributed by atoms with Gasteiger partial charge in [-0.25, -0.2) is 9.78 Å². The standard InChI is InChI=1S/C24H17ClN8O3/c25-15-1-3-20(32-12-28-30-31-32)17(10-15)14-7-16-2-4-21(33(16)22(34)9-14)23-27-11-19(29-23)18-8-13(24(35)36)5-6-26-18/h1,3,5-12,21H,2,4H2,(H,27,29)(H,35,36)/t21-/m0/s1. The Labute approximate surface area is 208 Å². The van der Waals surface area contributed by atoms with Crippen LogP contribution < -0.4 is 5.56 Å². The van der Waals surface area contributed by atoms with Crippen molar-refractivity contribution >= 4 is 17.6 Å². The van der Waals surface area contributed by atoms with Crippen molar-refractivity contribution in [2.45, 2.75) is 18.9 Å². The number of carboxylic acid groups (broad SMARTS) is 1. The van der Waals surface area contributed by atoms with E-state index in [-0.39, 0.29) is 17.2 Å². The topological polar surface area (TPSA) is 144 Å². The molecule has 12 heteroatoms. The second-order valence-corrected chi connectivity index (χ2v) is 8.77. The van der Waals surface area contributed by atoms with Gasteiger partial charge in [-0.05, 0) is 65.2 Å². The lowest BCUT2D eigenvalue weighted by molar-refractivity contribution is 0.0697. The minimum atomic E-state index is -1.03. The van der Waals surface area contributed by atoms with Crippen LogP contribution in [0.4, 0.5) is 0 Å². The lowest BCUT2D eigenvalue weighted by Gasteiger charge is -2.15. The molecule has 0 aliphatic carbocycles. The van der Waals surface area contributed by atoms with E-state index in [4.69, 9.17) is 11.6 Å². The van der Waals surface area contributed by atoms with Crippen molar-refractivity contribution in [3.63, 3.8) is 0 Å². The summed E-state index contributed by atoms with van der Waals surface area (Å²) >= 11 is 6.27. The number of nitrogens with one attached hydrogen (secondary N) is 1. The minimum Gasteiger partial charge on any atom is -0.478 e. The monoisotopic (exact) mass is 500 g/mol. The van der Waals surface area contributed by atoms with Gasteiger partial charge in [0.25, 0.3) is 5.56 Å². The Morgan fingerprint density at radius 1 is 1.14 bits per heavy atom. The zero-order valence-corrected chi connectivity index (χ0v) is 19.3. The molecule has 178 valence electrons. The van der Waals surface area contributed by atoms with Gasteiger partial charge in [0, 0.05) is 28.5 Å². The molecule has 5 heterocycles. The molecule has 36 heavy (non-hydrogen) atoms. The average Bonchev–Trinajstić information content (AvgIpc) is 3.64. The highest BCUT2D eigenvalue weighted by Gasteiger charge is 2.28. The molecule has 11 nitrogen and oxygen atoms in total. The molecule has 0 saturated heterocycles. The Morgan fingerprint density at radius 2 is 2.03 bits per heavy atom. The Morgan fingerprint density at radius 3 is 2.83 bits per heavy atom. The second-order valence-electron chi connectivity index (χ2n) is 8.33. The molecule has 4 aromatic heterocycles. The van der Waals surface area contributed by atoms with Crippen molar-refractivity contribution in [1.29, 1.82) is 0 Å². The van der Waals surface area contributed by atoms with E-state index in [0.29, 0.717) is 40.8 Å².